The van der Waals surface area contributed by atoms with E-state index < -0.39 is 0 Å². The zero-order chi connectivity index (χ0) is 9.73. The molecule has 1 rings (SSSR count). The maximum absolute atomic E-state index is 6.41. The van der Waals surface area contributed by atoms with Crippen molar-refractivity contribution in [3.63, 3.8) is 0 Å². The van der Waals surface area contributed by atoms with Crippen molar-refractivity contribution in [2.45, 2.75) is 51.5 Å². The van der Waals surface area contributed by atoms with Crippen LogP contribution < -0.4 is 5.73 Å². The third-order valence-corrected chi connectivity index (χ3v) is 3.35. The molecule has 2 N–H and O–H groups in total. The van der Waals surface area contributed by atoms with Gasteiger partial charge in [-0.1, -0.05) is 20.3 Å². The van der Waals surface area contributed by atoms with Crippen LogP contribution in [0.4, 0.5) is 0 Å². The lowest BCUT2D eigenvalue weighted by atomic mass is 9.78. The van der Waals surface area contributed by atoms with E-state index in [-0.39, 0.29) is 5.54 Å². The summed E-state index contributed by atoms with van der Waals surface area (Å²) in [5.74, 6) is 0.638. The maximum atomic E-state index is 6.41. The van der Waals surface area contributed by atoms with Gasteiger partial charge in [0, 0.05) is 18.8 Å². The number of hydrogen-bond acceptors (Lipinski definition) is 2. The summed E-state index contributed by atoms with van der Waals surface area (Å²) in [6.07, 6.45) is 5.78. The second-order valence-corrected chi connectivity index (χ2v) is 4.39. The lowest BCUT2D eigenvalue weighted by Crippen LogP contribution is -2.46. The highest BCUT2D eigenvalue weighted by molar-refractivity contribution is 4.89. The molecule has 2 heteroatoms. The van der Waals surface area contributed by atoms with Crippen LogP contribution in [0.2, 0.25) is 0 Å². The molecule has 0 bridgehead atoms. The Morgan fingerprint density at radius 3 is 2.85 bits per heavy atom. The smallest absolute Gasteiger partial charge is 0.0483 e. The number of ether oxygens (including phenoxy) is 1. The fourth-order valence-electron chi connectivity index (χ4n) is 2.21. The van der Waals surface area contributed by atoms with Gasteiger partial charge in [-0.25, -0.2) is 0 Å². The Hall–Kier alpha value is -0.0800. The third-order valence-electron chi connectivity index (χ3n) is 3.35. The maximum Gasteiger partial charge on any atom is 0.0483 e. The van der Waals surface area contributed by atoms with Gasteiger partial charge in [0.1, 0.15) is 0 Å². The van der Waals surface area contributed by atoms with Crippen molar-refractivity contribution >= 4 is 0 Å². The molecule has 1 saturated heterocycles. The van der Waals surface area contributed by atoms with E-state index in [0.717, 1.165) is 32.5 Å². The van der Waals surface area contributed by atoms with Crippen LogP contribution >= 0.6 is 0 Å². The Kier molecular flexibility index (Phi) is 4.20. The largest absolute Gasteiger partial charge is 0.381 e. The van der Waals surface area contributed by atoms with Crippen molar-refractivity contribution in [1.82, 2.24) is 0 Å². The molecule has 0 amide bonds. The standard InChI is InChI=1S/C11H23NO/c1-3-5-10(2)11(12)6-4-8-13-9-7-11/h10H,3-9,12H2,1-2H3. The molecule has 1 heterocycles. The van der Waals surface area contributed by atoms with E-state index in [1.165, 1.54) is 12.8 Å². The zero-order valence-corrected chi connectivity index (χ0v) is 9.01. The summed E-state index contributed by atoms with van der Waals surface area (Å²) in [5, 5.41) is 0. The summed E-state index contributed by atoms with van der Waals surface area (Å²) in [7, 11) is 0. The molecule has 0 aromatic rings. The van der Waals surface area contributed by atoms with Gasteiger partial charge in [-0.05, 0) is 31.6 Å². The van der Waals surface area contributed by atoms with E-state index in [9.17, 15) is 0 Å². The number of rotatable bonds is 3. The molecule has 2 atom stereocenters. The Labute approximate surface area is 81.8 Å². The van der Waals surface area contributed by atoms with Gasteiger partial charge in [-0.2, -0.15) is 0 Å². The van der Waals surface area contributed by atoms with Gasteiger partial charge in [-0.3, -0.25) is 0 Å². The molecule has 13 heavy (non-hydrogen) atoms. The first-order valence-electron chi connectivity index (χ1n) is 5.55. The molecule has 0 aliphatic carbocycles. The Bertz CT molecular complexity index is 139. The van der Waals surface area contributed by atoms with Crippen LogP contribution in [0.5, 0.6) is 0 Å². The van der Waals surface area contributed by atoms with Crippen LogP contribution in [-0.4, -0.2) is 18.8 Å². The molecule has 1 aliphatic heterocycles. The monoisotopic (exact) mass is 185 g/mol. The molecule has 2 nitrogen and oxygen atoms in total. The van der Waals surface area contributed by atoms with E-state index >= 15 is 0 Å². The van der Waals surface area contributed by atoms with Gasteiger partial charge in [0.25, 0.3) is 0 Å². The quantitative estimate of drug-likeness (QED) is 0.732. The van der Waals surface area contributed by atoms with E-state index in [2.05, 4.69) is 13.8 Å². The minimum Gasteiger partial charge on any atom is -0.381 e. The average Bonchev–Trinajstić information content (AvgIpc) is 2.32. The van der Waals surface area contributed by atoms with Gasteiger partial charge in [0.2, 0.25) is 0 Å². The van der Waals surface area contributed by atoms with Crippen LogP contribution in [0.1, 0.15) is 46.0 Å². The molecule has 0 spiro atoms. The second kappa shape index (κ2) is 4.97. The highest BCUT2D eigenvalue weighted by atomic mass is 16.5. The van der Waals surface area contributed by atoms with Crippen molar-refractivity contribution in [2.24, 2.45) is 11.7 Å². The predicted molar refractivity (Wildman–Crippen MR) is 55.7 cm³/mol. The SMILES string of the molecule is CCCC(C)C1(N)CCCOCC1. The first kappa shape index (κ1) is 11.0. The normalized spacial score (nSPS) is 32.5. The summed E-state index contributed by atoms with van der Waals surface area (Å²) in [5.41, 5.74) is 6.46. The lowest BCUT2D eigenvalue weighted by Gasteiger charge is -2.34. The molecule has 2 unspecified atom stereocenters. The summed E-state index contributed by atoms with van der Waals surface area (Å²) >= 11 is 0. The van der Waals surface area contributed by atoms with Crippen molar-refractivity contribution in [2.75, 3.05) is 13.2 Å². The molecular weight excluding hydrogens is 162 g/mol. The molecule has 0 radical (unpaired) electrons. The van der Waals surface area contributed by atoms with Gasteiger partial charge >= 0.3 is 0 Å². The first-order valence-corrected chi connectivity index (χ1v) is 5.55. The van der Waals surface area contributed by atoms with E-state index in [1.807, 2.05) is 0 Å². The summed E-state index contributed by atoms with van der Waals surface area (Å²) in [4.78, 5) is 0. The summed E-state index contributed by atoms with van der Waals surface area (Å²) < 4.78 is 5.44. The number of hydrogen-bond donors (Lipinski definition) is 1. The average molecular weight is 185 g/mol. The first-order chi connectivity index (χ1) is 6.19. The van der Waals surface area contributed by atoms with Crippen LogP contribution in [0.15, 0.2) is 0 Å². The van der Waals surface area contributed by atoms with Crippen molar-refractivity contribution in [1.29, 1.82) is 0 Å². The molecule has 1 fully saturated rings. The highest BCUT2D eigenvalue weighted by Crippen LogP contribution is 2.29. The third kappa shape index (κ3) is 2.96. The van der Waals surface area contributed by atoms with Crippen molar-refractivity contribution < 1.29 is 4.74 Å². The van der Waals surface area contributed by atoms with Crippen molar-refractivity contribution in [3.05, 3.63) is 0 Å². The predicted octanol–water partition coefficient (Wildman–Crippen LogP) is 2.32. The summed E-state index contributed by atoms with van der Waals surface area (Å²) in [6, 6.07) is 0. The minimum absolute atomic E-state index is 0.0481. The van der Waals surface area contributed by atoms with Crippen molar-refractivity contribution in [3.8, 4) is 0 Å². The Morgan fingerprint density at radius 1 is 1.38 bits per heavy atom. The van der Waals surface area contributed by atoms with Crippen LogP contribution in [0, 0.1) is 5.92 Å². The van der Waals surface area contributed by atoms with Gasteiger partial charge < -0.3 is 10.5 Å². The van der Waals surface area contributed by atoms with Gasteiger partial charge in [0.15, 0.2) is 0 Å². The fourth-order valence-corrected chi connectivity index (χ4v) is 2.21. The molecule has 0 aromatic carbocycles. The molecule has 0 saturated carbocycles. The molecule has 1 aliphatic rings. The van der Waals surface area contributed by atoms with E-state index in [1.54, 1.807) is 0 Å². The van der Waals surface area contributed by atoms with Crippen LogP contribution in [0.25, 0.3) is 0 Å². The molecule has 0 aromatic heterocycles. The fraction of sp³-hybridized carbons (Fsp3) is 1.00. The molecule has 78 valence electrons. The lowest BCUT2D eigenvalue weighted by molar-refractivity contribution is 0.133. The topological polar surface area (TPSA) is 35.2 Å². The highest BCUT2D eigenvalue weighted by Gasteiger charge is 2.31. The van der Waals surface area contributed by atoms with Crippen LogP contribution in [-0.2, 0) is 4.74 Å². The number of nitrogens with two attached hydrogens (primary N) is 1. The Balaban J connectivity index is 2.49. The van der Waals surface area contributed by atoms with Gasteiger partial charge in [-0.15, -0.1) is 0 Å². The zero-order valence-electron chi connectivity index (χ0n) is 9.01. The minimum atomic E-state index is 0.0481. The van der Waals surface area contributed by atoms with Gasteiger partial charge in [0.05, 0.1) is 0 Å². The van der Waals surface area contributed by atoms with E-state index in [4.69, 9.17) is 10.5 Å². The molecular formula is C11H23NO. The van der Waals surface area contributed by atoms with Crippen LogP contribution in [0.3, 0.4) is 0 Å². The second-order valence-electron chi connectivity index (χ2n) is 4.39. The van der Waals surface area contributed by atoms with E-state index in [0.29, 0.717) is 5.92 Å². The Morgan fingerprint density at radius 2 is 2.15 bits per heavy atom. The summed E-state index contributed by atoms with van der Waals surface area (Å²) in [6.45, 7) is 6.27.